The molecular weight excluding hydrogens is 186 g/mol. The van der Waals surface area contributed by atoms with E-state index >= 15 is 0 Å². The first-order valence-electron chi connectivity index (χ1n) is 3.79. The van der Waals surface area contributed by atoms with Gasteiger partial charge in [0.1, 0.15) is 5.69 Å². The molecule has 2 aromatic heterocycles. The Hall–Kier alpha value is -2.31. The van der Waals surface area contributed by atoms with Crippen molar-refractivity contribution in [3.63, 3.8) is 0 Å². The number of carbonyl (C=O) groups is 1. The summed E-state index contributed by atoms with van der Waals surface area (Å²) in [4.78, 5) is 16.1. The molecule has 0 aliphatic carbocycles. The third kappa shape index (κ3) is 1.42. The van der Waals surface area contributed by atoms with Crippen LogP contribution in [-0.4, -0.2) is 26.2 Å². The van der Waals surface area contributed by atoms with Crippen molar-refractivity contribution in [2.24, 2.45) is 5.73 Å². The minimum Gasteiger partial charge on any atom is -0.333 e. The summed E-state index contributed by atoms with van der Waals surface area (Å²) in [5, 5.41) is 10.2. The topological polar surface area (TPSA) is 98.8 Å². The normalized spacial score (nSPS) is 10.0. The first-order valence-corrected chi connectivity index (χ1v) is 3.79. The quantitative estimate of drug-likeness (QED) is 0.688. The summed E-state index contributed by atoms with van der Waals surface area (Å²) in [5.74, 6) is 0. The Labute approximate surface area is 78.4 Å². The Morgan fingerprint density at radius 2 is 2.36 bits per heavy atom. The average Bonchev–Trinajstić information content (AvgIpc) is 2.70. The van der Waals surface area contributed by atoms with Crippen molar-refractivity contribution in [3.05, 3.63) is 24.5 Å². The van der Waals surface area contributed by atoms with E-state index in [0.29, 0.717) is 11.4 Å². The molecule has 0 saturated carbocycles. The fourth-order valence-corrected chi connectivity index (χ4v) is 1.04. The van der Waals surface area contributed by atoms with E-state index in [1.54, 1.807) is 18.3 Å². The summed E-state index contributed by atoms with van der Waals surface area (Å²) in [6.07, 6.45) is 2.14. The Morgan fingerprint density at radius 1 is 1.50 bits per heavy atom. The molecule has 72 valence electrons. The van der Waals surface area contributed by atoms with Crippen molar-refractivity contribution >= 4 is 6.09 Å². The minimum atomic E-state index is -0.922. The summed E-state index contributed by atoms with van der Waals surface area (Å²) in [7, 11) is 0. The van der Waals surface area contributed by atoms with Crippen LogP contribution in [0.3, 0.4) is 0 Å². The van der Waals surface area contributed by atoms with Gasteiger partial charge in [0, 0.05) is 6.20 Å². The monoisotopic (exact) mass is 193 g/mol. The van der Waals surface area contributed by atoms with Crippen LogP contribution in [0.4, 0.5) is 4.79 Å². The van der Waals surface area contributed by atoms with Crippen molar-refractivity contribution in [2.75, 3.05) is 0 Å². The molecule has 0 saturated heterocycles. The molecule has 14 heavy (non-hydrogen) atoms. The zero-order chi connectivity index (χ0) is 9.97. The molecule has 0 atom stereocenters. The van der Waals surface area contributed by atoms with Crippen LogP contribution in [0.25, 0.3) is 11.4 Å². The number of nitrogens with two attached hydrogens (primary N) is 1. The predicted octanol–water partition coefficient (Wildman–Crippen LogP) is -0.220. The van der Waals surface area contributed by atoms with E-state index in [9.17, 15) is 4.79 Å². The molecule has 0 spiro atoms. The Balaban J connectivity index is 2.35. The summed E-state index contributed by atoms with van der Waals surface area (Å²) in [6.45, 7) is 0. The molecule has 0 unspecified atom stereocenters. The van der Waals surface area contributed by atoms with Crippen LogP contribution in [0, 0.1) is 0 Å². The molecule has 0 aromatic carbocycles. The van der Waals surface area contributed by atoms with E-state index in [0.717, 1.165) is 4.85 Å². The van der Waals surface area contributed by atoms with Gasteiger partial charge < -0.3 is 5.73 Å². The van der Waals surface area contributed by atoms with Crippen molar-refractivity contribution < 1.29 is 9.63 Å². The van der Waals surface area contributed by atoms with Gasteiger partial charge in [-0.25, -0.2) is 4.79 Å². The van der Waals surface area contributed by atoms with Crippen molar-refractivity contribution in [1.82, 2.24) is 20.1 Å². The van der Waals surface area contributed by atoms with Gasteiger partial charge in [-0.2, -0.15) is 5.10 Å². The molecular formula is C7H7N5O2. The fourth-order valence-electron chi connectivity index (χ4n) is 1.04. The van der Waals surface area contributed by atoms with Crippen LogP contribution >= 0.6 is 0 Å². The molecule has 2 rings (SSSR count). The summed E-state index contributed by atoms with van der Waals surface area (Å²) in [5.41, 5.74) is 6.11. The highest BCUT2D eigenvalue weighted by atomic mass is 16.7. The first kappa shape index (κ1) is 8.30. The van der Waals surface area contributed by atoms with Crippen molar-refractivity contribution in [2.45, 2.75) is 0 Å². The van der Waals surface area contributed by atoms with Crippen LogP contribution < -0.4 is 10.6 Å². The molecule has 0 fully saturated rings. The van der Waals surface area contributed by atoms with Crippen LogP contribution in [0.5, 0.6) is 0 Å². The minimum absolute atomic E-state index is 0.571. The summed E-state index contributed by atoms with van der Waals surface area (Å²) < 4.78 is 0. The van der Waals surface area contributed by atoms with Crippen LogP contribution in [0.1, 0.15) is 0 Å². The summed E-state index contributed by atoms with van der Waals surface area (Å²) in [6, 6.07) is 3.38. The lowest BCUT2D eigenvalue weighted by molar-refractivity contribution is 0.128. The highest BCUT2D eigenvalue weighted by Gasteiger charge is 2.08. The van der Waals surface area contributed by atoms with Crippen LogP contribution in [-0.2, 0) is 0 Å². The maximum Gasteiger partial charge on any atom is 0.430 e. The van der Waals surface area contributed by atoms with Crippen LogP contribution in [0.15, 0.2) is 24.5 Å². The Bertz CT molecular complexity index is 433. The van der Waals surface area contributed by atoms with Gasteiger partial charge in [-0.3, -0.25) is 9.94 Å². The predicted molar refractivity (Wildman–Crippen MR) is 46.0 cm³/mol. The fraction of sp³-hybridized carbons (Fsp3) is 0. The SMILES string of the molecule is NC(=O)On1nccc1-c1ccn[nH]1. The van der Waals surface area contributed by atoms with E-state index < -0.39 is 6.09 Å². The first-order chi connectivity index (χ1) is 6.77. The van der Waals surface area contributed by atoms with E-state index in [1.165, 1.54) is 6.20 Å². The smallest absolute Gasteiger partial charge is 0.333 e. The number of aromatic amines is 1. The Morgan fingerprint density at radius 3 is 3.00 bits per heavy atom. The maximum absolute atomic E-state index is 10.5. The van der Waals surface area contributed by atoms with Gasteiger partial charge in [0.15, 0.2) is 0 Å². The van der Waals surface area contributed by atoms with Crippen molar-refractivity contribution in [3.8, 4) is 11.4 Å². The van der Waals surface area contributed by atoms with E-state index in [-0.39, 0.29) is 0 Å². The van der Waals surface area contributed by atoms with Gasteiger partial charge in [-0.15, -0.1) is 5.10 Å². The number of amides is 1. The molecule has 2 heterocycles. The Kier molecular flexibility index (Phi) is 1.90. The lowest BCUT2D eigenvalue weighted by Gasteiger charge is -2.02. The van der Waals surface area contributed by atoms with Gasteiger partial charge in [0.25, 0.3) is 0 Å². The van der Waals surface area contributed by atoms with Crippen molar-refractivity contribution in [1.29, 1.82) is 0 Å². The molecule has 7 heteroatoms. The second kappa shape index (κ2) is 3.21. The lowest BCUT2D eigenvalue weighted by atomic mass is 10.3. The molecule has 3 N–H and O–H groups in total. The van der Waals surface area contributed by atoms with Gasteiger partial charge in [0.2, 0.25) is 0 Å². The number of H-pyrrole nitrogens is 1. The van der Waals surface area contributed by atoms with Gasteiger partial charge in [-0.05, 0) is 12.1 Å². The van der Waals surface area contributed by atoms with Gasteiger partial charge >= 0.3 is 6.09 Å². The van der Waals surface area contributed by atoms with E-state index in [1.807, 2.05) is 0 Å². The average molecular weight is 193 g/mol. The molecule has 0 bridgehead atoms. The highest BCUT2D eigenvalue weighted by Crippen LogP contribution is 2.13. The van der Waals surface area contributed by atoms with E-state index in [2.05, 4.69) is 20.1 Å². The molecule has 0 aliphatic heterocycles. The van der Waals surface area contributed by atoms with Gasteiger partial charge in [0.05, 0.1) is 11.9 Å². The third-order valence-electron chi connectivity index (χ3n) is 1.56. The number of hydrogen-bond acceptors (Lipinski definition) is 4. The highest BCUT2D eigenvalue weighted by molar-refractivity contribution is 5.65. The number of aromatic nitrogens is 4. The van der Waals surface area contributed by atoms with Gasteiger partial charge in [-0.1, -0.05) is 4.85 Å². The second-order valence-electron chi connectivity index (χ2n) is 2.47. The number of nitrogens with one attached hydrogen (secondary N) is 1. The standard InChI is InChI=1S/C7H7N5O2/c8-7(13)14-12-6(2-4-10-12)5-1-3-9-11-5/h1-4H,(H2,8,13)(H,9,11). The second-order valence-corrected chi connectivity index (χ2v) is 2.47. The molecule has 7 nitrogen and oxygen atoms in total. The number of carbonyl (C=O) groups excluding carboxylic acids is 1. The molecule has 0 radical (unpaired) electrons. The number of rotatable bonds is 2. The molecule has 1 amide bonds. The van der Waals surface area contributed by atoms with E-state index in [4.69, 9.17) is 5.73 Å². The van der Waals surface area contributed by atoms with Crippen LogP contribution in [0.2, 0.25) is 0 Å². The number of hydrogen-bond donors (Lipinski definition) is 2. The largest absolute Gasteiger partial charge is 0.430 e. The summed E-state index contributed by atoms with van der Waals surface area (Å²) >= 11 is 0. The number of primary amides is 1. The molecule has 0 aliphatic rings. The lowest BCUT2D eigenvalue weighted by Crippen LogP contribution is -2.26. The third-order valence-corrected chi connectivity index (χ3v) is 1.56. The number of nitrogens with zero attached hydrogens (tertiary/aromatic N) is 3. The maximum atomic E-state index is 10.5. The molecule has 2 aromatic rings. The zero-order valence-electron chi connectivity index (χ0n) is 7.04. The zero-order valence-corrected chi connectivity index (χ0v) is 7.04.